The Morgan fingerprint density at radius 3 is 2.15 bits per heavy atom. The molecule has 0 bridgehead atoms. The van der Waals surface area contributed by atoms with Crippen LogP contribution in [-0.2, 0) is 10.0 Å². The van der Waals surface area contributed by atoms with Crippen molar-refractivity contribution in [2.24, 2.45) is 4.99 Å². The molecule has 1 saturated heterocycles. The van der Waals surface area contributed by atoms with E-state index in [2.05, 4.69) is 4.57 Å². The predicted octanol–water partition coefficient (Wildman–Crippen LogP) is 6.00. The van der Waals surface area contributed by atoms with E-state index in [1.807, 2.05) is 78.2 Å². The summed E-state index contributed by atoms with van der Waals surface area (Å²) in [6.45, 7) is 1.18. The fourth-order valence-corrected chi connectivity index (χ4v) is 6.77. The lowest BCUT2D eigenvalue weighted by Gasteiger charge is -2.20. The molecule has 5 rings (SSSR count). The van der Waals surface area contributed by atoms with Crippen LogP contribution in [0.5, 0.6) is 0 Å². The number of sulfonamides is 1. The normalized spacial score (nSPS) is 15.8. The minimum atomic E-state index is -3.53. The summed E-state index contributed by atoms with van der Waals surface area (Å²) in [7, 11) is -3.53. The van der Waals surface area contributed by atoms with Gasteiger partial charge >= 0.3 is 0 Å². The molecule has 3 aromatic carbocycles. The van der Waals surface area contributed by atoms with Gasteiger partial charge in [-0.3, -0.25) is 4.57 Å². The van der Waals surface area contributed by atoms with Crippen molar-refractivity contribution in [1.82, 2.24) is 8.87 Å². The van der Waals surface area contributed by atoms with Crippen molar-refractivity contribution in [2.75, 3.05) is 13.1 Å². The largest absolute Gasteiger partial charge is 0.285 e. The van der Waals surface area contributed by atoms with Crippen molar-refractivity contribution >= 4 is 27.0 Å². The first kappa shape index (κ1) is 22.8. The van der Waals surface area contributed by atoms with Crippen molar-refractivity contribution in [3.63, 3.8) is 0 Å². The monoisotopic (exact) mass is 489 g/mol. The van der Waals surface area contributed by atoms with Crippen molar-refractivity contribution in [1.29, 1.82) is 0 Å². The van der Waals surface area contributed by atoms with Crippen LogP contribution in [0.1, 0.15) is 25.7 Å². The first-order valence-corrected chi connectivity index (χ1v) is 13.9. The van der Waals surface area contributed by atoms with E-state index in [9.17, 15) is 8.42 Å². The Labute approximate surface area is 204 Å². The Balaban J connectivity index is 1.62. The summed E-state index contributed by atoms with van der Waals surface area (Å²) in [5.41, 5.74) is 3.62. The molecule has 0 N–H and O–H groups in total. The van der Waals surface area contributed by atoms with E-state index < -0.39 is 10.0 Å². The van der Waals surface area contributed by atoms with E-state index in [0.717, 1.165) is 53.1 Å². The SMILES string of the molecule is O=S(=O)(c1cccc(-c2csc(=Nc3ccccc3)n2-c2ccccc2)c1)N1CCCCCC1. The average Bonchev–Trinajstić information content (AvgIpc) is 3.09. The quantitative estimate of drug-likeness (QED) is 0.345. The number of benzene rings is 3. The summed E-state index contributed by atoms with van der Waals surface area (Å²) >= 11 is 1.54. The minimum Gasteiger partial charge on any atom is -0.285 e. The molecule has 0 spiro atoms. The summed E-state index contributed by atoms with van der Waals surface area (Å²) in [5, 5.41) is 2.05. The van der Waals surface area contributed by atoms with Gasteiger partial charge in [-0.15, -0.1) is 11.3 Å². The third kappa shape index (κ3) is 4.78. The summed E-state index contributed by atoms with van der Waals surface area (Å²) in [5.74, 6) is 0. The van der Waals surface area contributed by atoms with Crippen molar-refractivity contribution in [3.05, 3.63) is 95.1 Å². The van der Waals surface area contributed by atoms with Gasteiger partial charge in [-0.25, -0.2) is 13.4 Å². The summed E-state index contributed by atoms with van der Waals surface area (Å²) in [6, 6.07) is 27.2. The zero-order valence-electron chi connectivity index (χ0n) is 18.9. The fraction of sp³-hybridized carbons (Fsp3) is 0.222. The highest BCUT2D eigenvalue weighted by atomic mass is 32.2. The molecule has 7 heteroatoms. The second-order valence-electron chi connectivity index (χ2n) is 8.37. The third-order valence-corrected chi connectivity index (χ3v) is 8.76. The Hall–Kier alpha value is -3.00. The molecule has 174 valence electrons. The Kier molecular flexibility index (Phi) is 6.76. The van der Waals surface area contributed by atoms with Crippen molar-refractivity contribution in [3.8, 4) is 16.9 Å². The lowest BCUT2D eigenvalue weighted by atomic mass is 10.1. The number of hydrogen-bond donors (Lipinski definition) is 0. The average molecular weight is 490 g/mol. The summed E-state index contributed by atoms with van der Waals surface area (Å²) in [6.07, 6.45) is 4.01. The van der Waals surface area contributed by atoms with Crippen LogP contribution < -0.4 is 4.80 Å². The second kappa shape index (κ2) is 10.1. The number of para-hydroxylation sites is 2. The van der Waals surface area contributed by atoms with Gasteiger partial charge in [0.25, 0.3) is 0 Å². The lowest BCUT2D eigenvalue weighted by Crippen LogP contribution is -2.31. The number of aromatic nitrogens is 1. The molecule has 2 heterocycles. The fourth-order valence-electron chi connectivity index (χ4n) is 4.28. The topological polar surface area (TPSA) is 54.7 Å². The van der Waals surface area contributed by atoms with E-state index in [4.69, 9.17) is 4.99 Å². The molecule has 1 aliphatic rings. The van der Waals surface area contributed by atoms with Crippen LogP contribution in [0.25, 0.3) is 16.9 Å². The van der Waals surface area contributed by atoms with E-state index >= 15 is 0 Å². The van der Waals surface area contributed by atoms with Crippen molar-refractivity contribution in [2.45, 2.75) is 30.6 Å². The molecule has 0 saturated carbocycles. The standard InChI is InChI=1S/C27H27N3O2S2/c31-34(32,29-18-9-1-2-10-19-29)25-17-11-12-22(20-25)26-21-33-27(28-23-13-5-3-6-14-23)30(26)24-15-7-4-8-16-24/h3-8,11-17,20-21H,1-2,9-10,18-19H2. The van der Waals surface area contributed by atoms with Gasteiger partial charge in [-0.2, -0.15) is 4.31 Å². The van der Waals surface area contributed by atoms with E-state index in [1.54, 1.807) is 27.8 Å². The second-order valence-corrected chi connectivity index (χ2v) is 11.1. The summed E-state index contributed by atoms with van der Waals surface area (Å²) < 4.78 is 30.6. The van der Waals surface area contributed by atoms with Gasteiger partial charge in [0.05, 0.1) is 16.3 Å². The molecule has 1 fully saturated rings. The lowest BCUT2D eigenvalue weighted by molar-refractivity contribution is 0.424. The molecular formula is C27H27N3O2S2. The highest BCUT2D eigenvalue weighted by molar-refractivity contribution is 7.89. The van der Waals surface area contributed by atoms with Gasteiger partial charge in [0.2, 0.25) is 10.0 Å². The van der Waals surface area contributed by atoms with Crippen molar-refractivity contribution < 1.29 is 8.42 Å². The van der Waals surface area contributed by atoms with Crippen LogP contribution in [0, 0.1) is 0 Å². The smallest absolute Gasteiger partial charge is 0.243 e. The molecule has 0 unspecified atom stereocenters. The van der Waals surface area contributed by atoms with E-state index in [1.165, 1.54) is 0 Å². The Morgan fingerprint density at radius 1 is 0.765 bits per heavy atom. The number of hydrogen-bond acceptors (Lipinski definition) is 4. The van der Waals surface area contributed by atoms with E-state index in [0.29, 0.717) is 18.0 Å². The minimum absolute atomic E-state index is 0.347. The van der Waals surface area contributed by atoms with Gasteiger partial charge in [-0.05, 0) is 49.2 Å². The molecule has 0 amide bonds. The van der Waals surface area contributed by atoms with Crippen LogP contribution in [0.2, 0.25) is 0 Å². The zero-order chi connectivity index (χ0) is 23.4. The number of rotatable bonds is 5. The first-order valence-electron chi connectivity index (χ1n) is 11.6. The zero-order valence-corrected chi connectivity index (χ0v) is 20.5. The Morgan fingerprint density at radius 2 is 1.44 bits per heavy atom. The molecule has 34 heavy (non-hydrogen) atoms. The Bertz CT molecular complexity index is 1420. The third-order valence-electron chi connectivity index (χ3n) is 6.04. The molecule has 0 aliphatic carbocycles. The van der Waals surface area contributed by atoms with Gasteiger partial charge in [0.1, 0.15) is 0 Å². The maximum Gasteiger partial charge on any atom is 0.243 e. The van der Waals surface area contributed by atoms with Gasteiger partial charge < -0.3 is 0 Å². The van der Waals surface area contributed by atoms with Crippen LogP contribution in [0.3, 0.4) is 0 Å². The highest BCUT2D eigenvalue weighted by Crippen LogP contribution is 2.28. The van der Waals surface area contributed by atoms with Crippen LogP contribution >= 0.6 is 11.3 Å². The molecule has 5 nitrogen and oxygen atoms in total. The maximum absolute atomic E-state index is 13.4. The van der Waals surface area contributed by atoms with Gasteiger partial charge in [0, 0.05) is 29.7 Å². The predicted molar refractivity (Wildman–Crippen MR) is 138 cm³/mol. The van der Waals surface area contributed by atoms with Crippen LogP contribution in [0.15, 0.2) is 100 Å². The van der Waals surface area contributed by atoms with Crippen LogP contribution in [-0.4, -0.2) is 30.4 Å². The molecule has 4 aromatic rings. The number of thiazole rings is 1. The molecule has 0 radical (unpaired) electrons. The maximum atomic E-state index is 13.4. The number of nitrogens with zero attached hydrogens (tertiary/aromatic N) is 3. The van der Waals surface area contributed by atoms with Gasteiger partial charge in [-0.1, -0.05) is 61.4 Å². The molecule has 0 atom stereocenters. The molecule has 1 aliphatic heterocycles. The summed E-state index contributed by atoms with van der Waals surface area (Å²) in [4.78, 5) is 6.05. The van der Waals surface area contributed by atoms with Crippen LogP contribution in [0.4, 0.5) is 5.69 Å². The van der Waals surface area contributed by atoms with Gasteiger partial charge in [0.15, 0.2) is 4.80 Å². The van der Waals surface area contributed by atoms with E-state index in [-0.39, 0.29) is 0 Å². The molecule has 1 aromatic heterocycles. The first-order chi connectivity index (χ1) is 16.6. The molecular weight excluding hydrogens is 462 g/mol. The highest BCUT2D eigenvalue weighted by Gasteiger charge is 2.25.